The highest BCUT2D eigenvalue weighted by Crippen LogP contribution is 2.04. The zero-order valence-electron chi connectivity index (χ0n) is 10.8. The monoisotopic (exact) mass is 285 g/mol. The van der Waals surface area contributed by atoms with Crippen molar-refractivity contribution in [2.45, 2.75) is 6.67 Å². The Hall–Kier alpha value is -3.23. The summed E-state index contributed by atoms with van der Waals surface area (Å²) in [6.45, 7) is 0.135. The van der Waals surface area contributed by atoms with Crippen LogP contribution in [0.5, 0.6) is 0 Å². The van der Waals surface area contributed by atoms with Gasteiger partial charge in [0.25, 0.3) is 5.91 Å². The highest BCUT2D eigenvalue weighted by Gasteiger charge is 2.14. The maximum absolute atomic E-state index is 12.2. The van der Waals surface area contributed by atoms with Crippen LogP contribution in [0, 0.1) is 0 Å². The minimum Gasteiger partial charge on any atom is -0.366 e. The summed E-state index contributed by atoms with van der Waals surface area (Å²) in [5.74, 6) is -0.758. The molecular weight excluding hydrogens is 274 g/mol. The molecule has 0 atom stereocenters. The number of anilines is 1. The van der Waals surface area contributed by atoms with Crippen LogP contribution < -0.4 is 16.7 Å². The van der Waals surface area contributed by atoms with E-state index in [0.29, 0.717) is 0 Å². The fraction of sp³-hybridized carbons (Fsp3) is 0.0833. The minimum atomic E-state index is -0.758. The van der Waals surface area contributed by atoms with E-state index in [1.54, 1.807) is 0 Å². The predicted octanol–water partition coefficient (Wildman–Crippen LogP) is -0.546. The number of benzene rings is 1. The third-order valence-electron chi connectivity index (χ3n) is 2.86. The van der Waals surface area contributed by atoms with Crippen LogP contribution >= 0.6 is 0 Å². The van der Waals surface area contributed by atoms with Gasteiger partial charge in [0, 0.05) is 5.69 Å². The van der Waals surface area contributed by atoms with E-state index in [2.05, 4.69) is 20.6 Å². The van der Waals surface area contributed by atoms with E-state index < -0.39 is 11.6 Å². The molecule has 0 bridgehead atoms. The summed E-state index contributed by atoms with van der Waals surface area (Å²) < 4.78 is 2.24. The molecule has 0 unspecified atom stereocenters. The maximum atomic E-state index is 12.2. The minimum absolute atomic E-state index is 0.0449. The molecule has 2 heterocycles. The average Bonchev–Trinajstić information content (AvgIpc) is 2.92. The van der Waals surface area contributed by atoms with Gasteiger partial charge < -0.3 is 11.1 Å². The molecule has 9 nitrogen and oxygen atoms in total. The molecule has 0 aliphatic heterocycles. The molecule has 21 heavy (non-hydrogen) atoms. The van der Waals surface area contributed by atoms with Crippen LogP contribution in [0.4, 0.5) is 5.69 Å². The zero-order valence-corrected chi connectivity index (χ0v) is 10.8. The second kappa shape index (κ2) is 5.04. The van der Waals surface area contributed by atoms with E-state index in [9.17, 15) is 9.59 Å². The van der Waals surface area contributed by atoms with Gasteiger partial charge >= 0.3 is 5.69 Å². The zero-order chi connectivity index (χ0) is 14.8. The molecule has 0 aliphatic rings. The molecule has 0 spiro atoms. The highest BCUT2D eigenvalue weighted by molar-refractivity contribution is 5.96. The number of nitrogens with zero attached hydrogens (tertiary/aromatic N) is 5. The molecule has 0 saturated heterocycles. The third kappa shape index (κ3) is 2.31. The predicted molar refractivity (Wildman–Crippen MR) is 73.6 cm³/mol. The Balaban J connectivity index is 1.92. The lowest BCUT2D eigenvalue weighted by Crippen LogP contribution is -2.32. The Morgan fingerprint density at radius 3 is 2.76 bits per heavy atom. The van der Waals surface area contributed by atoms with Crippen molar-refractivity contribution >= 4 is 17.2 Å². The molecule has 0 fully saturated rings. The van der Waals surface area contributed by atoms with Gasteiger partial charge in [0.2, 0.25) is 0 Å². The molecule has 106 valence electrons. The van der Waals surface area contributed by atoms with Gasteiger partial charge in [-0.1, -0.05) is 23.4 Å². The standard InChI is InChI=1S/C12H11N7O2/c13-10(20)9-11-16-17-19(12(21)18(11)6-15-9)7-14-8-4-2-1-3-5-8/h1-6,14H,7H2,(H2,13,20). The molecular formula is C12H11N7O2. The van der Waals surface area contributed by atoms with Crippen LogP contribution in [0.2, 0.25) is 0 Å². The summed E-state index contributed by atoms with van der Waals surface area (Å²) in [7, 11) is 0. The molecule has 3 N–H and O–H groups in total. The number of carbonyl (C=O) groups excluding carboxylic acids is 1. The second-order valence-electron chi connectivity index (χ2n) is 4.22. The van der Waals surface area contributed by atoms with E-state index in [4.69, 9.17) is 5.73 Å². The number of hydrogen-bond acceptors (Lipinski definition) is 6. The lowest BCUT2D eigenvalue weighted by molar-refractivity contribution is 0.0997. The van der Waals surface area contributed by atoms with Crippen LogP contribution in [-0.4, -0.2) is 30.3 Å². The summed E-state index contributed by atoms with van der Waals surface area (Å²) in [6.07, 6.45) is 1.20. The molecule has 0 radical (unpaired) electrons. The highest BCUT2D eigenvalue weighted by atomic mass is 16.2. The van der Waals surface area contributed by atoms with Crippen molar-refractivity contribution in [3.8, 4) is 0 Å². The largest absolute Gasteiger partial charge is 0.366 e. The first kappa shape index (κ1) is 12.8. The number of rotatable bonds is 4. The van der Waals surface area contributed by atoms with Gasteiger partial charge in [-0.05, 0) is 12.1 Å². The van der Waals surface area contributed by atoms with Crippen LogP contribution in [0.1, 0.15) is 10.5 Å². The third-order valence-corrected chi connectivity index (χ3v) is 2.86. The van der Waals surface area contributed by atoms with Crippen LogP contribution in [0.25, 0.3) is 5.65 Å². The fourth-order valence-electron chi connectivity index (χ4n) is 1.83. The number of amides is 1. The van der Waals surface area contributed by atoms with Crippen molar-refractivity contribution < 1.29 is 4.79 Å². The molecule has 3 aromatic rings. The molecule has 1 amide bonds. The molecule has 9 heteroatoms. The molecule has 2 aromatic heterocycles. The quantitative estimate of drug-likeness (QED) is 0.664. The smallest absolute Gasteiger partial charge is 0.354 e. The maximum Gasteiger partial charge on any atom is 0.354 e. The summed E-state index contributed by atoms with van der Waals surface area (Å²) in [5, 5.41) is 10.6. The molecule has 1 aromatic carbocycles. The van der Waals surface area contributed by atoms with E-state index in [0.717, 1.165) is 14.8 Å². The number of nitrogens with one attached hydrogen (secondary N) is 1. The second-order valence-corrected chi connectivity index (χ2v) is 4.22. The molecule has 0 aliphatic carbocycles. The average molecular weight is 285 g/mol. The number of fused-ring (bicyclic) bond motifs is 1. The van der Waals surface area contributed by atoms with Gasteiger partial charge in [0.05, 0.1) is 0 Å². The van der Waals surface area contributed by atoms with E-state index in [1.807, 2.05) is 30.3 Å². The normalized spacial score (nSPS) is 10.7. The number of nitrogens with two attached hydrogens (primary N) is 1. The Kier molecular flexibility index (Phi) is 3.07. The Morgan fingerprint density at radius 1 is 1.29 bits per heavy atom. The topological polar surface area (TPSA) is 120 Å². The fourth-order valence-corrected chi connectivity index (χ4v) is 1.83. The van der Waals surface area contributed by atoms with Gasteiger partial charge in [0.1, 0.15) is 13.0 Å². The van der Waals surface area contributed by atoms with Gasteiger partial charge in [0.15, 0.2) is 11.3 Å². The van der Waals surface area contributed by atoms with Crippen LogP contribution in [0.15, 0.2) is 41.5 Å². The lowest BCUT2D eigenvalue weighted by Gasteiger charge is -2.07. The first-order valence-corrected chi connectivity index (χ1v) is 6.06. The summed E-state index contributed by atoms with van der Waals surface area (Å²) >= 11 is 0. The molecule has 3 rings (SSSR count). The Morgan fingerprint density at radius 2 is 2.05 bits per heavy atom. The summed E-state index contributed by atoms with van der Waals surface area (Å²) in [4.78, 5) is 27.1. The van der Waals surface area contributed by atoms with Crippen molar-refractivity contribution in [1.29, 1.82) is 0 Å². The van der Waals surface area contributed by atoms with Crippen molar-refractivity contribution in [1.82, 2.24) is 24.4 Å². The lowest BCUT2D eigenvalue weighted by atomic mass is 10.3. The van der Waals surface area contributed by atoms with Gasteiger partial charge in [-0.25, -0.2) is 14.2 Å². The van der Waals surface area contributed by atoms with E-state index in [-0.39, 0.29) is 18.0 Å². The van der Waals surface area contributed by atoms with Crippen LogP contribution in [-0.2, 0) is 6.67 Å². The Bertz CT molecular complexity index is 853. The number of para-hydroxylation sites is 1. The number of hydrogen-bond donors (Lipinski definition) is 2. The molecule has 0 saturated carbocycles. The summed E-state index contributed by atoms with van der Waals surface area (Å²) in [6, 6.07) is 9.35. The van der Waals surface area contributed by atoms with Gasteiger partial charge in [-0.3, -0.25) is 4.79 Å². The van der Waals surface area contributed by atoms with Crippen molar-refractivity contribution in [3.63, 3.8) is 0 Å². The van der Waals surface area contributed by atoms with Gasteiger partial charge in [-0.15, -0.1) is 5.10 Å². The van der Waals surface area contributed by atoms with E-state index in [1.165, 1.54) is 6.33 Å². The number of carbonyl (C=O) groups is 1. The van der Waals surface area contributed by atoms with E-state index >= 15 is 0 Å². The number of aromatic nitrogens is 5. The van der Waals surface area contributed by atoms with Gasteiger partial charge in [-0.2, -0.15) is 4.68 Å². The van der Waals surface area contributed by atoms with Crippen molar-refractivity contribution in [3.05, 3.63) is 52.8 Å². The van der Waals surface area contributed by atoms with Crippen molar-refractivity contribution in [2.24, 2.45) is 5.73 Å². The number of primary amides is 1. The first-order valence-electron chi connectivity index (χ1n) is 6.06. The summed E-state index contributed by atoms with van der Waals surface area (Å²) in [5.41, 5.74) is 5.48. The van der Waals surface area contributed by atoms with Crippen molar-refractivity contribution in [2.75, 3.05) is 5.32 Å². The SMILES string of the molecule is NC(=O)c1ncn2c(=O)n(CNc3ccccc3)nnc12. The first-order chi connectivity index (χ1) is 10.2. The Labute approximate surface area is 118 Å². The van der Waals surface area contributed by atoms with Crippen LogP contribution in [0.3, 0.4) is 0 Å². The number of imidazole rings is 1.